The van der Waals surface area contributed by atoms with Crippen LogP contribution in [0.5, 0.6) is 5.88 Å². The molecule has 0 aliphatic heterocycles. The quantitative estimate of drug-likeness (QED) is 0.301. The Kier molecular flexibility index (Phi) is 7.63. The first-order valence-electron chi connectivity index (χ1n) is 10.0. The zero-order valence-corrected chi connectivity index (χ0v) is 17.6. The molecule has 10 heteroatoms. The van der Waals surface area contributed by atoms with Gasteiger partial charge in [-0.3, -0.25) is 0 Å². The Labute approximate surface area is 180 Å². The number of nitrogens with two attached hydrogens (primary N) is 1. The first-order valence-corrected chi connectivity index (χ1v) is 10.0. The van der Waals surface area contributed by atoms with E-state index in [0.717, 1.165) is 36.8 Å². The number of aromatic nitrogens is 5. The molecule has 0 fully saturated rings. The van der Waals surface area contributed by atoms with Gasteiger partial charge < -0.3 is 15.3 Å². The van der Waals surface area contributed by atoms with Crippen LogP contribution < -0.4 is 10.5 Å². The molecule has 31 heavy (non-hydrogen) atoms. The molecule has 3 rings (SSSR count). The van der Waals surface area contributed by atoms with Gasteiger partial charge in [-0.15, -0.1) is 5.10 Å². The highest BCUT2D eigenvalue weighted by Crippen LogP contribution is 2.20. The molecule has 10 nitrogen and oxygen atoms in total. The van der Waals surface area contributed by atoms with Gasteiger partial charge in [0.2, 0.25) is 11.7 Å². The summed E-state index contributed by atoms with van der Waals surface area (Å²) < 4.78 is 6.61. The molecule has 162 valence electrons. The van der Waals surface area contributed by atoms with Crippen molar-refractivity contribution in [1.82, 2.24) is 25.2 Å². The monoisotopic (exact) mass is 423 g/mol. The van der Waals surface area contributed by atoms with Gasteiger partial charge in [0, 0.05) is 18.2 Å². The highest BCUT2D eigenvalue weighted by Gasteiger charge is 2.15. The summed E-state index contributed by atoms with van der Waals surface area (Å²) in [7, 11) is 1.72. The predicted octanol–water partition coefficient (Wildman–Crippen LogP) is 2.76. The molecule has 2 heterocycles. The summed E-state index contributed by atoms with van der Waals surface area (Å²) in [6, 6.07) is 13.1. The standard InChI is InChI=1S/C21H25N7O3/c1-3-4-6-11-16-12-13-17(23-20(16)31-21(22)29)14-30-25-18(15-9-7-5-8-10-15)19-24-26-27-28(19)2/h5,7-10,12-13H,3-4,6,11,14H2,1-2H3,(H2,22,29). The number of unbranched alkanes of at least 4 members (excludes halogenated alkanes) is 2. The molecule has 0 saturated heterocycles. The Morgan fingerprint density at radius 2 is 1.97 bits per heavy atom. The number of nitrogens with zero attached hydrogens (tertiary/aromatic N) is 6. The first kappa shape index (κ1) is 21.9. The predicted molar refractivity (Wildman–Crippen MR) is 113 cm³/mol. The van der Waals surface area contributed by atoms with Crippen LogP contribution in [0.4, 0.5) is 4.79 Å². The number of ether oxygens (including phenoxy) is 1. The minimum absolute atomic E-state index is 0.0615. The molecule has 2 aromatic heterocycles. The summed E-state index contributed by atoms with van der Waals surface area (Å²) in [5.74, 6) is 0.664. The number of amides is 1. The molecule has 0 saturated carbocycles. The van der Waals surface area contributed by atoms with Crippen molar-refractivity contribution in [2.45, 2.75) is 39.2 Å². The van der Waals surface area contributed by atoms with Crippen LogP contribution in [0.3, 0.4) is 0 Å². The zero-order valence-electron chi connectivity index (χ0n) is 17.6. The molecule has 0 aliphatic carbocycles. The van der Waals surface area contributed by atoms with Crippen LogP contribution in [0.1, 0.15) is 48.8 Å². The Hall–Kier alpha value is -3.82. The van der Waals surface area contributed by atoms with E-state index in [0.29, 0.717) is 17.2 Å². The number of primary amides is 1. The van der Waals surface area contributed by atoms with Crippen LogP contribution in [0.2, 0.25) is 0 Å². The van der Waals surface area contributed by atoms with Crippen molar-refractivity contribution >= 4 is 11.8 Å². The van der Waals surface area contributed by atoms with Crippen LogP contribution in [0.15, 0.2) is 47.6 Å². The largest absolute Gasteiger partial charge is 0.411 e. The molecular weight excluding hydrogens is 398 g/mol. The molecule has 3 aromatic rings. The number of benzene rings is 1. The minimum atomic E-state index is -0.901. The summed E-state index contributed by atoms with van der Waals surface area (Å²) in [4.78, 5) is 21.2. The smallest absolute Gasteiger partial charge is 0.391 e. The molecule has 0 aliphatic rings. The van der Waals surface area contributed by atoms with E-state index in [-0.39, 0.29) is 12.5 Å². The molecule has 0 unspecified atom stereocenters. The maximum Gasteiger partial charge on any atom is 0.411 e. The molecule has 0 radical (unpaired) electrons. The van der Waals surface area contributed by atoms with Crippen molar-refractivity contribution in [2.24, 2.45) is 17.9 Å². The second-order valence-corrected chi connectivity index (χ2v) is 6.85. The minimum Gasteiger partial charge on any atom is -0.391 e. The fraction of sp³-hybridized carbons (Fsp3) is 0.333. The molecule has 2 N–H and O–H groups in total. The van der Waals surface area contributed by atoms with Gasteiger partial charge in [-0.25, -0.2) is 14.5 Å². The fourth-order valence-electron chi connectivity index (χ4n) is 2.94. The number of tetrazole rings is 1. The Morgan fingerprint density at radius 1 is 1.16 bits per heavy atom. The van der Waals surface area contributed by atoms with Crippen molar-refractivity contribution in [2.75, 3.05) is 0 Å². The third-order valence-electron chi connectivity index (χ3n) is 4.49. The number of hydrogen-bond donors (Lipinski definition) is 1. The second kappa shape index (κ2) is 10.8. The SMILES string of the molecule is CCCCCc1ccc(CON=C(c2ccccc2)c2nnnn2C)nc1OC(N)=O. The lowest BCUT2D eigenvalue weighted by molar-refractivity contribution is 0.127. The lowest BCUT2D eigenvalue weighted by atomic mass is 10.1. The summed E-state index contributed by atoms with van der Waals surface area (Å²) >= 11 is 0. The van der Waals surface area contributed by atoms with Gasteiger partial charge in [-0.05, 0) is 29.3 Å². The first-order chi connectivity index (χ1) is 15.1. The van der Waals surface area contributed by atoms with Crippen molar-refractivity contribution in [3.05, 3.63) is 65.1 Å². The van der Waals surface area contributed by atoms with Crippen molar-refractivity contribution < 1.29 is 14.4 Å². The topological polar surface area (TPSA) is 130 Å². The number of carbonyl (C=O) groups excluding carboxylic acids is 1. The maximum absolute atomic E-state index is 11.3. The Bertz CT molecular complexity index is 1030. The van der Waals surface area contributed by atoms with Crippen molar-refractivity contribution in [3.8, 4) is 5.88 Å². The highest BCUT2D eigenvalue weighted by molar-refractivity contribution is 6.10. The number of aryl methyl sites for hydroxylation is 2. The van der Waals surface area contributed by atoms with Crippen LogP contribution in [0, 0.1) is 0 Å². The van der Waals surface area contributed by atoms with Crippen molar-refractivity contribution in [1.29, 1.82) is 0 Å². The van der Waals surface area contributed by atoms with Crippen LogP contribution in [-0.4, -0.2) is 37.0 Å². The van der Waals surface area contributed by atoms with E-state index in [1.807, 2.05) is 42.5 Å². The van der Waals surface area contributed by atoms with Crippen molar-refractivity contribution in [3.63, 3.8) is 0 Å². The Morgan fingerprint density at radius 3 is 2.65 bits per heavy atom. The summed E-state index contributed by atoms with van der Waals surface area (Å²) in [5.41, 5.74) is 7.86. The third-order valence-corrected chi connectivity index (χ3v) is 4.49. The van der Waals surface area contributed by atoms with Gasteiger partial charge in [-0.1, -0.05) is 61.3 Å². The lowest BCUT2D eigenvalue weighted by Gasteiger charge is -2.10. The third kappa shape index (κ3) is 6.08. The lowest BCUT2D eigenvalue weighted by Crippen LogP contribution is -2.18. The van der Waals surface area contributed by atoms with Gasteiger partial charge in [0.25, 0.3) is 0 Å². The summed E-state index contributed by atoms with van der Waals surface area (Å²) in [6.07, 6.45) is 2.99. The highest BCUT2D eigenvalue weighted by atomic mass is 16.6. The average molecular weight is 423 g/mol. The number of carbonyl (C=O) groups is 1. The summed E-state index contributed by atoms with van der Waals surface area (Å²) in [5, 5.41) is 15.8. The van der Waals surface area contributed by atoms with Gasteiger partial charge in [0.1, 0.15) is 0 Å². The molecular formula is C21H25N7O3. The van der Waals surface area contributed by atoms with Gasteiger partial charge in [0.15, 0.2) is 12.3 Å². The van der Waals surface area contributed by atoms with E-state index < -0.39 is 6.09 Å². The number of rotatable bonds is 10. The van der Waals surface area contributed by atoms with E-state index in [2.05, 4.69) is 32.6 Å². The van der Waals surface area contributed by atoms with E-state index >= 15 is 0 Å². The Balaban J connectivity index is 1.78. The van der Waals surface area contributed by atoms with E-state index in [4.69, 9.17) is 15.3 Å². The molecule has 0 bridgehead atoms. The molecule has 0 atom stereocenters. The molecule has 1 amide bonds. The zero-order chi connectivity index (χ0) is 22.1. The van der Waals surface area contributed by atoms with Crippen LogP contribution in [-0.2, 0) is 24.9 Å². The average Bonchev–Trinajstić information content (AvgIpc) is 3.18. The van der Waals surface area contributed by atoms with E-state index in [1.54, 1.807) is 7.05 Å². The van der Waals surface area contributed by atoms with Gasteiger partial charge in [0.05, 0.1) is 5.69 Å². The number of pyridine rings is 1. The number of hydrogen-bond acceptors (Lipinski definition) is 8. The van der Waals surface area contributed by atoms with E-state index in [9.17, 15) is 4.79 Å². The van der Waals surface area contributed by atoms with Gasteiger partial charge >= 0.3 is 6.09 Å². The van der Waals surface area contributed by atoms with Crippen LogP contribution >= 0.6 is 0 Å². The van der Waals surface area contributed by atoms with Gasteiger partial charge in [-0.2, -0.15) is 0 Å². The molecule has 1 aromatic carbocycles. The molecule has 0 spiro atoms. The fourth-order valence-corrected chi connectivity index (χ4v) is 2.94. The van der Waals surface area contributed by atoms with Crippen LogP contribution in [0.25, 0.3) is 0 Å². The number of oxime groups is 1. The maximum atomic E-state index is 11.3. The summed E-state index contributed by atoms with van der Waals surface area (Å²) in [6.45, 7) is 2.19. The second-order valence-electron chi connectivity index (χ2n) is 6.85. The van der Waals surface area contributed by atoms with E-state index in [1.165, 1.54) is 4.68 Å². The normalized spacial score (nSPS) is 11.4.